The van der Waals surface area contributed by atoms with Crippen LogP contribution in [0, 0.1) is 12.3 Å². The van der Waals surface area contributed by atoms with Crippen molar-refractivity contribution in [1.29, 1.82) is 0 Å². The van der Waals surface area contributed by atoms with Gasteiger partial charge in [-0.2, -0.15) is 0 Å². The molecule has 15 heavy (non-hydrogen) atoms. The van der Waals surface area contributed by atoms with E-state index in [-0.39, 0.29) is 30.5 Å². The molecule has 0 aromatic heterocycles. The van der Waals surface area contributed by atoms with Gasteiger partial charge in [0.15, 0.2) is 9.84 Å². The molecule has 0 aliphatic rings. The average molecular weight is 232 g/mol. The van der Waals surface area contributed by atoms with Crippen molar-refractivity contribution >= 4 is 15.7 Å². The molecule has 0 atom stereocenters. The fourth-order valence-corrected chi connectivity index (χ4v) is 1.50. The third kappa shape index (κ3) is 7.97. The summed E-state index contributed by atoms with van der Waals surface area (Å²) in [5.74, 6) is 2.14. The fraction of sp³-hybridized carbons (Fsp3) is 0.667. The molecular formula is C9H16N2O3S. The predicted octanol–water partition coefficient (Wildman–Crippen LogP) is -1.24. The summed E-state index contributed by atoms with van der Waals surface area (Å²) in [6, 6.07) is 0. The Kier molecular flexibility index (Phi) is 6.75. The van der Waals surface area contributed by atoms with E-state index >= 15 is 0 Å². The summed E-state index contributed by atoms with van der Waals surface area (Å²) in [6.07, 6.45) is 4.97. The lowest BCUT2D eigenvalue weighted by Crippen LogP contribution is -2.36. The molecule has 0 bridgehead atoms. The monoisotopic (exact) mass is 232 g/mol. The second-order valence-corrected chi connectivity index (χ2v) is 5.37. The zero-order chi connectivity index (χ0) is 11.7. The van der Waals surface area contributed by atoms with Crippen LogP contribution in [-0.4, -0.2) is 45.5 Å². The topological polar surface area (TPSA) is 75.3 Å². The highest BCUT2D eigenvalue weighted by atomic mass is 32.2. The van der Waals surface area contributed by atoms with Crippen molar-refractivity contribution in [2.45, 2.75) is 6.92 Å². The fourth-order valence-electron chi connectivity index (χ4n) is 0.801. The SMILES string of the molecule is C#CCNCC(=O)NCCS(=O)(=O)CC. The van der Waals surface area contributed by atoms with Crippen LogP contribution in [0.1, 0.15) is 6.92 Å². The van der Waals surface area contributed by atoms with Crippen LogP contribution < -0.4 is 10.6 Å². The lowest BCUT2D eigenvalue weighted by molar-refractivity contribution is -0.120. The first-order valence-electron chi connectivity index (χ1n) is 4.63. The molecule has 0 saturated heterocycles. The molecule has 2 N–H and O–H groups in total. The Morgan fingerprint density at radius 3 is 2.67 bits per heavy atom. The molecule has 0 radical (unpaired) electrons. The number of carbonyl (C=O) groups excluding carboxylic acids is 1. The Morgan fingerprint density at radius 1 is 1.47 bits per heavy atom. The van der Waals surface area contributed by atoms with Crippen LogP contribution in [0.15, 0.2) is 0 Å². The van der Waals surface area contributed by atoms with E-state index in [4.69, 9.17) is 6.42 Å². The first kappa shape index (κ1) is 13.9. The van der Waals surface area contributed by atoms with Gasteiger partial charge < -0.3 is 5.32 Å². The van der Waals surface area contributed by atoms with Gasteiger partial charge in [0, 0.05) is 12.3 Å². The summed E-state index contributed by atoms with van der Waals surface area (Å²) in [6.45, 7) is 2.15. The highest BCUT2D eigenvalue weighted by molar-refractivity contribution is 7.91. The van der Waals surface area contributed by atoms with Crippen LogP contribution in [0.2, 0.25) is 0 Å². The van der Waals surface area contributed by atoms with Gasteiger partial charge in [0.25, 0.3) is 0 Å². The van der Waals surface area contributed by atoms with Gasteiger partial charge in [0.1, 0.15) is 0 Å². The highest BCUT2D eigenvalue weighted by Crippen LogP contribution is 1.86. The van der Waals surface area contributed by atoms with Gasteiger partial charge >= 0.3 is 0 Å². The van der Waals surface area contributed by atoms with Crippen LogP contribution in [0.25, 0.3) is 0 Å². The number of sulfone groups is 1. The van der Waals surface area contributed by atoms with Gasteiger partial charge in [-0.05, 0) is 0 Å². The van der Waals surface area contributed by atoms with Crippen molar-refractivity contribution in [2.75, 3.05) is 31.1 Å². The third-order valence-electron chi connectivity index (χ3n) is 1.69. The molecule has 0 fully saturated rings. The van der Waals surface area contributed by atoms with Crippen molar-refractivity contribution < 1.29 is 13.2 Å². The number of rotatable bonds is 7. The molecule has 86 valence electrons. The molecule has 0 aliphatic heterocycles. The van der Waals surface area contributed by atoms with E-state index in [2.05, 4.69) is 16.6 Å². The normalized spacial score (nSPS) is 10.7. The lowest BCUT2D eigenvalue weighted by atomic mass is 10.5. The van der Waals surface area contributed by atoms with Crippen molar-refractivity contribution in [3.8, 4) is 12.3 Å². The van der Waals surface area contributed by atoms with E-state index in [0.717, 1.165) is 0 Å². The molecule has 0 heterocycles. The Morgan fingerprint density at radius 2 is 2.13 bits per heavy atom. The maximum Gasteiger partial charge on any atom is 0.234 e. The number of terminal acetylenes is 1. The van der Waals surface area contributed by atoms with Crippen molar-refractivity contribution in [3.63, 3.8) is 0 Å². The summed E-state index contributed by atoms with van der Waals surface area (Å²) >= 11 is 0. The minimum atomic E-state index is -3.01. The van der Waals surface area contributed by atoms with Crippen LogP contribution in [0.5, 0.6) is 0 Å². The zero-order valence-corrected chi connectivity index (χ0v) is 9.56. The van der Waals surface area contributed by atoms with Gasteiger partial charge in [-0.25, -0.2) is 8.42 Å². The van der Waals surface area contributed by atoms with Gasteiger partial charge in [-0.15, -0.1) is 6.42 Å². The van der Waals surface area contributed by atoms with E-state index in [0.29, 0.717) is 6.54 Å². The molecule has 5 nitrogen and oxygen atoms in total. The minimum Gasteiger partial charge on any atom is -0.354 e. The Bertz CT molecular complexity index is 330. The molecule has 0 aromatic carbocycles. The second kappa shape index (κ2) is 7.26. The molecule has 0 aromatic rings. The summed E-state index contributed by atoms with van der Waals surface area (Å²) in [5.41, 5.74) is 0. The van der Waals surface area contributed by atoms with Crippen molar-refractivity contribution in [2.24, 2.45) is 0 Å². The lowest BCUT2D eigenvalue weighted by Gasteiger charge is -2.04. The minimum absolute atomic E-state index is 0.0234. The standard InChI is InChI=1S/C9H16N2O3S/c1-3-5-10-8-9(12)11-6-7-15(13,14)4-2/h1,10H,4-8H2,2H3,(H,11,12). The second-order valence-electron chi connectivity index (χ2n) is 2.89. The van der Waals surface area contributed by atoms with Crippen LogP contribution >= 0.6 is 0 Å². The van der Waals surface area contributed by atoms with E-state index in [1.807, 2.05) is 0 Å². The summed E-state index contributed by atoms with van der Waals surface area (Å²) in [4.78, 5) is 11.1. The van der Waals surface area contributed by atoms with Crippen LogP contribution in [-0.2, 0) is 14.6 Å². The van der Waals surface area contributed by atoms with Crippen molar-refractivity contribution in [1.82, 2.24) is 10.6 Å². The molecule has 0 aliphatic carbocycles. The third-order valence-corrected chi connectivity index (χ3v) is 3.39. The molecule has 1 amide bonds. The van der Waals surface area contributed by atoms with E-state index in [1.54, 1.807) is 6.92 Å². The molecule has 0 unspecified atom stereocenters. The van der Waals surface area contributed by atoms with Gasteiger partial charge in [0.05, 0.1) is 18.8 Å². The first-order valence-corrected chi connectivity index (χ1v) is 6.45. The largest absolute Gasteiger partial charge is 0.354 e. The molecular weight excluding hydrogens is 216 g/mol. The van der Waals surface area contributed by atoms with E-state index < -0.39 is 9.84 Å². The Hall–Kier alpha value is -1.06. The smallest absolute Gasteiger partial charge is 0.234 e. The molecule has 6 heteroatoms. The van der Waals surface area contributed by atoms with E-state index in [9.17, 15) is 13.2 Å². The first-order chi connectivity index (χ1) is 7.02. The van der Waals surface area contributed by atoms with Gasteiger partial charge in [-0.3, -0.25) is 10.1 Å². The quantitative estimate of drug-likeness (QED) is 0.425. The number of carbonyl (C=O) groups is 1. The van der Waals surface area contributed by atoms with Crippen LogP contribution in [0.3, 0.4) is 0 Å². The molecule has 0 spiro atoms. The predicted molar refractivity (Wildman–Crippen MR) is 59.0 cm³/mol. The summed E-state index contributed by atoms with van der Waals surface area (Å²) in [7, 11) is -3.01. The zero-order valence-electron chi connectivity index (χ0n) is 8.75. The maximum absolute atomic E-state index is 11.1. The van der Waals surface area contributed by atoms with Gasteiger partial charge in [0.2, 0.25) is 5.91 Å². The molecule has 0 saturated carbocycles. The Balaban J connectivity index is 3.61. The van der Waals surface area contributed by atoms with Crippen molar-refractivity contribution in [3.05, 3.63) is 0 Å². The number of hydrogen-bond donors (Lipinski definition) is 2. The Labute approximate surface area is 90.5 Å². The van der Waals surface area contributed by atoms with Crippen LogP contribution in [0.4, 0.5) is 0 Å². The van der Waals surface area contributed by atoms with Gasteiger partial charge in [-0.1, -0.05) is 12.8 Å². The average Bonchev–Trinajstić information content (AvgIpc) is 2.18. The molecule has 0 rings (SSSR count). The summed E-state index contributed by atoms with van der Waals surface area (Å²) in [5, 5.41) is 5.18. The van der Waals surface area contributed by atoms with E-state index in [1.165, 1.54) is 0 Å². The summed E-state index contributed by atoms with van der Waals surface area (Å²) < 4.78 is 22.1. The number of nitrogens with one attached hydrogen (secondary N) is 2. The maximum atomic E-state index is 11.1. The highest BCUT2D eigenvalue weighted by Gasteiger charge is 2.07. The number of amides is 1. The number of hydrogen-bond acceptors (Lipinski definition) is 4.